The summed E-state index contributed by atoms with van der Waals surface area (Å²) in [4.78, 5) is 23.7. The Labute approximate surface area is 132 Å². The highest BCUT2D eigenvalue weighted by molar-refractivity contribution is 5.87. The summed E-state index contributed by atoms with van der Waals surface area (Å²) in [5.41, 5.74) is 1.03. The van der Waals surface area contributed by atoms with Crippen LogP contribution in [-0.4, -0.2) is 70.9 Å². The maximum atomic E-state index is 12.9. The Morgan fingerprint density at radius 2 is 1.82 bits per heavy atom. The van der Waals surface area contributed by atoms with Gasteiger partial charge in [0.1, 0.15) is 5.54 Å². The number of nitrogens with zero attached hydrogens (tertiary/aromatic N) is 4. The summed E-state index contributed by atoms with van der Waals surface area (Å²) in [6, 6.07) is 4.14. The van der Waals surface area contributed by atoms with Crippen molar-refractivity contribution in [1.82, 2.24) is 19.7 Å². The molecule has 0 aliphatic carbocycles. The van der Waals surface area contributed by atoms with Gasteiger partial charge >= 0.3 is 0 Å². The van der Waals surface area contributed by atoms with Crippen LogP contribution < -0.4 is 0 Å². The van der Waals surface area contributed by atoms with E-state index in [0.29, 0.717) is 5.91 Å². The van der Waals surface area contributed by atoms with Gasteiger partial charge in [-0.25, -0.2) is 0 Å². The topological polar surface area (TPSA) is 39.7 Å². The summed E-state index contributed by atoms with van der Waals surface area (Å²) in [7, 11) is 2.11. The van der Waals surface area contributed by atoms with Gasteiger partial charge in [-0.3, -0.25) is 19.6 Å². The standard InChI is InChI=1S/C17H26N4O/c1-3-21-13-12-19(2)17(16(21)22)6-10-20(11-7-17)14-15-4-8-18-9-5-15/h4-5,8-9H,3,6-7,10-14H2,1-2H3. The lowest BCUT2D eigenvalue weighted by Gasteiger charge is -2.51. The number of aromatic nitrogens is 1. The van der Waals surface area contributed by atoms with Crippen LogP contribution in [0.4, 0.5) is 0 Å². The van der Waals surface area contributed by atoms with Crippen molar-refractivity contribution < 1.29 is 4.79 Å². The zero-order valence-corrected chi connectivity index (χ0v) is 13.7. The van der Waals surface area contributed by atoms with Crippen molar-refractivity contribution in [1.29, 1.82) is 0 Å². The molecule has 0 bridgehead atoms. The van der Waals surface area contributed by atoms with E-state index in [2.05, 4.69) is 40.9 Å². The van der Waals surface area contributed by atoms with Gasteiger partial charge in [-0.2, -0.15) is 0 Å². The number of amides is 1. The van der Waals surface area contributed by atoms with Gasteiger partial charge in [-0.15, -0.1) is 0 Å². The lowest BCUT2D eigenvalue weighted by atomic mass is 9.82. The molecular formula is C17H26N4O. The Kier molecular flexibility index (Phi) is 4.45. The van der Waals surface area contributed by atoms with Gasteiger partial charge in [0, 0.05) is 51.7 Å². The van der Waals surface area contributed by atoms with Crippen molar-refractivity contribution in [2.75, 3.05) is 39.8 Å². The summed E-state index contributed by atoms with van der Waals surface area (Å²) >= 11 is 0. The molecule has 2 aliphatic rings. The molecule has 2 fully saturated rings. The zero-order valence-electron chi connectivity index (χ0n) is 13.7. The second kappa shape index (κ2) is 6.34. The van der Waals surface area contributed by atoms with Crippen LogP contribution in [0.25, 0.3) is 0 Å². The number of hydrogen-bond acceptors (Lipinski definition) is 4. The van der Waals surface area contributed by atoms with Crippen LogP contribution in [0.15, 0.2) is 24.5 Å². The first-order valence-corrected chi connectivity index (χ1v) is 8.27. The average Bonchev–Trinajstić information content (AvgIpc) is 2.56. The molecular weight excluding hydrogens is 276 g/mol. The van der Waals surface area contributed by atoms with Crippen LogP contribution in [0, 0.1) is 0 Å². The summed E-state index contributed by atoms with van der Waals surface area (Å²) in [5, 5.41) is 0. The normalized spacial score (nSPS) is 23.2. The van der Waals surface area contributed by atoms with Crippen molar-refractivity contribution >= 4 is 5.91 Å². The van der Waals surface area contributed by atoms with Gasteiger partial charge in [0.2, 0.25) is 5.91 Å². The molecule has 5 nitrogen and oxygen atoms in total. The monoisotopic (exact) mass is 302 g/mol. The fraction of sp³-hybridized carbons (Fsp3) is 0.647. The number of likely N-dealkylation sites (tertiary alicyclic amines) is 1. The molecule has 0 atom stereocenters. The number of hydrogen-bond donors (Lipinski definition) is 0. The SMILES string of the molecule is CCN1CCN(C)C2(CCN(Cc3ccncc3)CC2)C1=O. The molecule has 1 spiro atoms. The van der Waals surface area contributed by atoms with Crippen LogP contribution in [0.5, 0.6) is 0 Å². The molecule has 1 aromatic heterocycles. The van der Waals surface area contributed by atoms with Gasteiger partial charge in [0.25, 0.3) is 0 Å². The van der Waals surface area contributed by atoms with E-state index in [-0.39, 0.29) is 5.54 Å². The summed E-state index contributed by atoms with van der Waals surface area (Å²) in [5.74, 6) is 0.340. The summed E-state index contributed by atoms with van der Waals surface area (Å²) in [6.07, 6.45) is 5.56. The first-order valence-electron chi connectivity index (χ1n) is 8.27. The third-order valence-corrected chi connectivity index (χ3v) is 5.34. The van der Waals surface area contributed by atoms with Crippen molar-refractivity contribution in [2.24, 2.45) is 0 Å². The van der Waals surface area contributed by atoms with E-state index in [0.717, 1.165) is 52.1 Å². The van der Waals surface area contributed by atoms with E-state index in [9.17, 15) is 4.79 Å². The van der Waals surface area contributed by atoms with Crippen molar-refractivity contribution in [2.45, 2.75) is 31.8 Å². The van der Waals surface area contributed by atoms with E-state index in [1.54, 1.807) is 0 Å². The van der Waals surface area contributed by atoms with Gasteiger partial charge in [0.15, 0.2) is 0 Å². The third-order valence-electron chi connectivity index (χ3n) is 5.34. The van der Waals surface area contributed by atoms with Crippen molar-refractivity contribution in [3.63, 3.8) is 0 Å². The molecule has 0 saturated carbocycles. The Morgan fingerprint density at radius 3 is 2.45 bits per heavy atom. The molecule has 120 valence electrons. The average molecular weight is 302 g/mol. The number of carbonyl (C=O) groups excluding carboxylic acids is 1. The fourth-order valence-corrected chi connectivity index (χ4v) is 3.77. The largest absolute Gasteiger partial charge is 0.340 e. The molecule has 5 heteroatoms. The van der Waals surface area contributed by atoms with Gasteiger partial charge in [-0.1, -0.05) is 0 Å². The first kappa shape index (κ1) is 15.4. The number of pyridine rings is 1. The van der Waals surface area contributed by atoms with E-state index in [4.69, 9.17) is 0 Å². The number of carbonyl (C=O) groups is 1. The van der Waals surface area contributed by atoms with Crippen molar-refractivity contribution in [3.8, 4) is 0 Å². The molecule has 0 unspecified atom stereocenters. The van der Waals surface area contributed by atoms with E-state index < -0.39 is 0 Å². The molecule has 1 aromatic rings. The maximum Gasteiger partial charge on any atom is 0.243 e. The molecule has 22 heavy (non-hydrogen) atoms. The highest BCUT2D eigenvalue weighted by Gasteiger charge is 2.48. The van der Waals surface area contributed by atoms with Crippen molar-refractivity contribution in [3.05, 3.63) is 30.1 Å². The molecule has 3 heterocycles. The summed E-state index contributed by atoms with van der Waals surface area (Å²) in [6.45, 7) is 7.68. The Bertz CT molecular complexity index is 511. The van der Waals surface area contributed by atoms with Crippen LogP contribution in [-0.2, 0) is 11.3 Å². The maximum absolute atomic E-state index is 12.9. The van der Waals surface area contributed by atoms with Crippen LogP contribution in [0.1, 0.15) is 25.3 Å². The van der Waals surface area contributed by atoms with Crippen LogP contribution >= 0.6 is 0 Å². The number of likely N-dealkylation sites (N-methyl/N-ethyl adjacent to an activating group) is 2. The minimum absolute atomic E-state index is 0.261. The molecule has 2 aliphatic heterocycles. The first-order chi connectivity index (χ1) is 10.7. The predicted molar refractivity (Wildman–Crippen MR) is 86.4 cm³/mol. The lowest BCUT2D eigenvalue weighted by molar-refractivity contribution is -0.154. The zero-order chi connectivity index (χ0) is 15.6. The van der Waals surface area contributed by atoms with Crippen LogP contribution in [0.2, 0.25) is 0 Å². The van der Waals surface area contributed by atoms with Crippen LogP contribution in [0.3, 0.4) is 0 Å². The minimum atomic E-state index is -0.261. The van der Waals surface area contributed by atoms with Gasteiger partial charge in [0.05, 0.1) is 0 Å². The number of piperazine rings is 1. The third kappa shape index (κ3) is 2.75. The number of piperidine rings is 1. The highest BCUT2D eigenvalue weighted by atomic mass is 16.2. The summed E-state index contributed by atoms with van der Waals surface area (Å²) < 4.78 is 0. The lowest BCUT2D eigenvalue weighted by Crippen LogP contribution is -2.67. The number of rotatable bonds is 3. The molecule has 3 rings (SSSR count). The van der Waals surface area contributed by atoms with E-state index >= 15 is 0 Å². The second-order valence-electron chi connectivity index (χ2n) is 6.47. The fourth-order valence-electron chi connectivity index (χ4n) is 3.77. The molecule has 0 N–H and O–H groups in total. The van der Waals surface area contributed by atoms with Gasteiger partial charge in [-0.05, 0) is 44.5 Å². The molecule has 0 radical (unpaired) electrons. The van der Waals surface area contributed by atoms with E-state index in [1.807, 2.05) is 17.3 Å². The van der Waals surface area contributed by atoms with Gasteiger partial charge < -0.3 is 4.90 Å². The molecule has 2 saturated heterocycles. The smallest absolute Gasteiger partial charge is 0.243 e. The predicted octanol–water partition coefficient (Wildman–Crippen LogP) is 1.21. The quantitative estimate of drug-likeness (QED) is 0.841. The second-order valence-corrected chi connectivity index (χ2v) is 6.47. The molecule has 1 amide bonds. The highest BCUT2D eigenvalue weighted by Crippen LogP contribution is 2.33. The molecule has 0 aromatic carbocycles. The Morgan fingerprint density at radius 1 is 1.14 bits per heavy atom. The Balaban J connectivity index is 1.65. The van der Waals surface area contributed by atoms with E-state index in [1.165, 1.54) is 5.56 Å². The minimum Gasteiger partial charge on any atom is -0.340 e. The Hall–Kier alpha value is -1.46.